The smallest absolute Gasteiger partial charge is 0.353 e. The minimum absolute atomic E-state index is 0.123. The number of aryl methyl sites for hydroxylation is 1. The van der Waals surface area contributed by atoms with Crippen molar-refractivity contribution in [3.05, 3.63) is 65.8 Å². The van der Waals surface area contributed by atoms with Gasteiger partial charge in [0.2, 0.25) is 17.5 Å². The molecule has 34 heavy (non-hydrogen) atoms. The molecule has 176 valence electrons. The molecule has 0 saturated carbocycles. The van der Waals surface area contributed by atoms with E-state index in [9.17, 15) is 13.2 Å². The zero-order valence-corrected chi connectivity index (χ0v) is 18.8. The Balaban J connectivity index is 1.32. The van der Waals surface area contributed by atoms with Crippen molar-refractivity contribution < 1.29 is 17.7 Å². The average Bonchev–Trinajstić information content (AvgIpc) is 3.33. The average molecular weight is 468 g/mol. The number of aromatic nitrogens is 4. The van der Waals surface area contributed by atoms with Crippen LogP contribution in [-0.2, 0) is 6.18 Å². The molecule has 2 aromatic heterocycles. The molecule has 1 saturated heterocycles. The minimum atomic E-state index is -4.61. The highest BCUT2D eigenvalue weighted by Crippen LogP contribution is 2.33. The monoisotopic (exact) mass is 468 g/mol. The zero-order chi connectivity index (χ0) is 23.9. The number of hydrogen-bond donors (Lipinski definition) is 0. The van der Waals surface area contributed by atoms with Crippen LogP contribution in [0.2, 0.25) is 0 Å². The van der Waals surface area contributed by atoms with Gasteiger partial charge < -0.3 is 9.42 Å². The van der Waals surface area contributed by atoms with E-state index in [1.807, 2.05) is 43.0 Å². The molecular weight excluding hydrogens is 445 g/mol. The number of hydrogen-bond acceptors (Lipinski definition) is 7. The van der Waals surface area contributed by atoms with Crippen LogP contribution in [0.1, 0.15) is 30.2 Å². The molecule has 5 rings (SSSR count). The molecule has 1 unspecified atom stereocenters. The number of alkyl halides is 3. The van der Waals surface area contributed by atoms with Gasteiger partial charge in [0.1, 0.15) is 5.82 Å². The molecule has 0 radical (unpaired) electrons. The van der Waals surface area contributed by atoms with Gasteiger partial charge in [-0.15, -0.1) is 0 Å². The highest BCUT2D eigenvalue weighted by atomic mass is 19.4. The molecule has 1 aliphatic rings. The molecule has 10 heteroatoms. The van der Waals surface area contributed by atoms with E-state index in [1.54, 1.807) is 24.3 Å². The van der Waals surface area contributed by atoms with Crippen LogP contribution < -0.4 is 4.90 Å². The van der Waals surface area contributed by atoms with Gasteiger partial charge in [-0.2, -0.15) is 18.2 Å². The SMILES string of the molecule is Cc1ccc(-c2noc(C(C)N3CCN(c4nc(C(F)(F)F)nc5ccccc45)CC3)n2)cc1. The Hall–Kier alpha value is -3.53. The second-order valence-electron chi connectivity index (χ2n) is 8.41. The van der Waals surface area contributed by atoms with Crippen molar-refractivity contribution in [1.29, 1.82) is 0 Å². The molecule has 7 nitrogen and oxygen atoms in total. The Morgan fingerprint density at radius 3 is 2.32 bits per heavy atom. The number of piperazine rings is 1. The summed E-state index contributed by atoms with van der Waals surface area (Å²) >= 11 is 0. The summed E-state index contributed by atoms with van der Waals surface area (Å²) in [6, 6.07) is 14.6. The molecule has 1 atom stereocenters. The van der Waals surface area contributed by atoms with Crippen LogP contribution in [0.25, 0.3) is 22.3 Å². The van der Waals surface area contributed by atoms with E-state index in [0.29, 0.717) is 49.1 Å². The van der Waals surface area contributed by atoms with Crippen molar-refractivity contribution >= 4 is 16.7 Å². The number of benzene rings is 2. The fourth-order valence-electron chi connectivity index (χ4n) is 4.13. The maximum Gasteiger partial charge on any atom is 0.451 e. The largest absolute Gasteiger partial charge is 0.451 e. The minimum Gasteiger partial charge on any atom is -0.353 e. The lowest BCUT2D eigenvalue weighted by atomic mass is 10.1. The summed E-state index contributed by atoms with van der Waals surface area (Å²) in [6.07, 6.45) is -4.61. The van der Waals surface area contributed by atoms with Gasteiger partial charge in [-0.25, -0.2) is 9.97 Å². The lowest BCUT2D eigenvalue weighted by Crippen LogP contribution is -2.47. The molecule has 0 bridgehead atoms. The van der Waals surface area contributed by atoms with Crippen molar-refractivity contribution in [2.45, 2.75) is 26.1 Å². The standard InChI is InChI=1S/C24H23F3N6O/c1-15-7-9-17(10-8-15)20-29-22(34-31-20)16(2)32-11-13-33(14-12-32)21-18-5-3-4-6-19(18)28-23(30-21)24(25,26)27/h3-10,16H,11-14H2,1-2H3. The number of halogens is 3. The van der Waals surface area contributed by atoms with Crippen LogP contribution in [0.4, 0.5) is 19.0 Å². The summed E-state index contributed by atoms with van der Waals surface area (Å²) in [5.74, 6) is 0.236. The first-order valence-electron chi connectivity index (χ1n) is 11.0. The van der Waals surface area contributed by atoms with Crippen molar-refractivity contribution in [3.63, 3.8) is 0 Å². The van der Waals surface area contributed by atoms with E-state index in [2.05, 4.69) is 25.0 Å². The predicted molar refractivity (Wildman–Crippen MR) is 121 cm³/mol. The van der Waals surface area contributed by atoms with E-state index in [1.165, 1.54) is 0 Å². The Morgan fingerprint density at radius 1 is 0.912 bits per heavy atom. The van der Waals surface area contributed by atoms with Gasteiger partial charge in [-0.05, 0) is 26.0 Å². The Morgan fingerprint density at radius 2 is 1.62 bits per heavy atom. The number of rotatable bonds is 4. The van der Waals surface area contributed by atoms with Crippen LogP contribution in [0.5, 0.6) is 0 Å². The highest BCUT2D eigenvalue weighted by molar-refractivity contribution is 5.89. The summed E-state index contributed by atoms with van der Waals surface area (Å²) in [5, 5.41) is 4.72. The van der Waals surface area contributed by atoms with E-state index < -0.39 is 12.0 Å². The van der Waals surface area contributed by atoms with Crippen LogP contribution in [-0.4, -0.2) is 51.2 Å². The van der Waals surface area contributed by atoms with E-state index >= 15 is 0 Å². The van der Waals surface area contributed by atoms with E-state index in [0.717, 1.165) is 11.1 Å². The van der Waals surface area contributed by atoms with Gasteiger partial charge in [0.15, 0.2) is 0 Å². The first kappa shape index (κ1) is 22.3. The summed E-state index contributed by atoms with van der Waals surface area (Å²) in [5.41, 5.74) is 2.32. The summed E-state index contributed by atoms with van der Waals surface area (Å²) < 4.78 is 45.7. The van der Waals surface area contributed by atoms with Crippen LogP contribution in [0, 0.1) is 6.92 Å². The Kier molecular flexibility index (Phi) is 5.68. The molecule has 1 fully saturated rings. The number of para-hydroxylation sites is 1. The van der Waals surface area contributed by atoms with Gasteiger partial charge in [0.05, 0.1) is 11.6 Å². The molecule has 0 spiro atoms. The normalized spacial score (nSPS) is 16.2. The van der Waals surface area contributed by atoms with Gasteiger partial charge in [-0.3, -0.25) is 4.90 Å². The fraction of sp³-hybridized carbons (Fsp3) is 0.333. The lowest BCUT2D eigenvalue weighted by Gasteiger charge is -2.37. The predicted octanol–water partition coefficient (Wildman–Crippen LogP) is 4.89. The van der Waals surface area contributed by atoms with E-state index in [-0.39, 0.29) is 11.6 Å². The van der Waals surface area contributed by atoms with Crippen molar-refractivity contribution in [2.75, 3.05) is 31.1 Å². The number of anilines is 1. The summed E-state index contributed by atoms with van der Waals surface area (Å²) in [7, 11) is 0. The molecule has 3 heterocycles. The summed E-state index contributed by atoms with van der Waals surface area (Å²) in [6.45, 7) is 6.26. The quantitative estimate of drug-likeness (QED) is 0.422. The second kappa shape index (κ2) is 8.68. The topological polar surface area (TPSA) is 71.2 Å². The maximum absolute atomic E-state index is 13.4. The van der Waals surface area contributed by atoms with Gasteiger partial charge in [-0.1, -0.05) is 47.1 Å². The van der Waals surface area contributed by atoms with Gasteiger partial charge in [0.25, 0.3) is 0 Å². The second-order valence-corrected chi connectivity index (χ2v) is 8.41. The van der Waals surface area contributed by atoms with Crippen LogP contribution in [0.15, 0.2) is 53.1 Å². The third-order valence-electron chi connectivity index (χ3n) is 6.11. The lowest BCUT2D eigenvalue weighted by molar-refractivity contribution is -0.144. The van der Waals surface area contributed by atoms with Crippen LogP contribution >= 0.6 is 0 Å². The highest BCUT2D eigenvalue weighted by Gasteiger charge is 2.36. The van der Waals surface area contributed by atoms with Gasteiger partial charge >= 0.3 is 6.18 Å². The summed E-state index contributed by atoms with van der Waals surface area (Å²) in [4.78, 5) is 16.2. The molecule has 0 N–H and O–H groups in total. The molecular formula is C24H23F3N6O. The zero-order valence-electron chi connectivity index (χ0n) is 18.8. The third-order valence-corrected chi connectivity index (χ3v) is 6.11. The van der Waals surface area contributed by atoms with Crippen molar-refractivity contribution in [3.8, 4) is 11.4 Å². The molecule has 1 aliphatic heterocycles. The number of fused-ring (bicyclic) bond motifs is 1. The maximum atomic E-state index is 13.4. The Bertz CT molecular complexity index is 1300. The Labute approximate surface area is 194 Å². The first-order valence-corrected chi connectivity index (χ1v) is 11.0. The molecule has 0 amide bonds. The van der Waals surface area contributed by atoms with Crippen LogP contribution in [0.3, 0.4) is 0 Å². The van der Waals surface area contributed by atoms with E-state index in [4.69, 9.17) is 4.52 Å². The van der Waals surface area contributed by atoms with Gasteiger partial charge in [0, 0.05) is 37.1 Å². The first-order chi connectivity index (χ1) is 16.3. The van der Waals surface area contributed by atoms with Crippen molar-refractivity contribution in [2.24, 2.45) is 0 Å². The molecule has 4 aromatic rings. The molecule has 0 aliphatic carbocycles. The van der Waals surface area contributed by atoms with Crippen molar-refractivity contribution in [1.82, 2.24) is 25.0 Å². The number of nitrogens with zero attached hydrogens (tertiary/aromatic N) is 6. The third kappa shape index (κ3) is 4.33. The molecule has 2 aromatic carbocycles. The fourth-order valence-corrected chi connectivity index (χ4v) is 4.13.